The number of hydrogen-bond acceptors (Lipinski definition) is 4. The fourth-order valence-corrected chi connectivity index (χ4v) is 1.01. The second kappa shape index (κ2) is 5.77. The first-order valence-electron chi connectivity index (χ1n) is 5.58. The summed E-state index contributed by atoms with van der Waals surface area (Å²) in [6.45, 7) is 4.69. The Kier molecular flexibility index (Phi) is 4.78. The SMILES string of the molecule is CC(C)(C)NCc1coc(OCC(F)(F)C(F)F)n1. The fourth-order valence-electron chi connectivity index (χ4n) is 1.01. The third kappa shape index (κ3) is 5.46. The van der Waals surface area contributed by atoms with Gasteiger partial charge in [-0.05, 0) is 20.8 Å². The van der Waals surface area contributed by atoms with E-state index in [0.29, 0.717) is 12.2 Å². The van der Waals surface area contributed by atoms with E-state index in [4.69, 9.17) is 4.42 Å². The Morgan fingerprint density at radius 1 is 1.37 bits per heavy atom. The summed E-state index contributed by atoms with van der Waals surface area (Å²) >= 11 is 0. The topological polar surface area (TPSA) is 47.3 Å². The van der Waals surface area contributed by atoms with Crippen LogP contribution < -0.4 is 10.1 Å². The quantitative estimate of drug-likeness (QED) is 0.816. The van der Waals surface area contributed by atoms with Crippen molar-refractivity contribution in [2.75, 3.05) is 6.61 Å². The van der Waals surface area contributed by atoms with Gasteiger partial charge in [0, 0.05) is 12.1 Å². The predicted molar refractivity (Wildman–Crippen MR) is 59.5 cm³/mol. The van der Waals surface area contributed by atoms with E-state index in [-0.39, 0.29) is 5.54 Å². The molecular formula is C11H16F4N2O2. The third-order valence-corrected chi connectivity index (χ3v) is 2.04. The highest BCUT2D eigenvalue weighted by atomic mass is 19.3. The molecule has 0 aliphatic heterocycles. The molecule has 4 nitrogen and oxygen atoms in total. The van der Waals surface area contributed by atoms with Crippen LogP contribution >= 0.6 is 0 Å². The summed E-state index contributed by atoms with van der Waals surface area (Å²) in [7, 11) is 0. The first-order valence-corrected chi connectivity index (χ1v) is 5.58. The first kappa shape index (κ1) is 15.7. The molecule has 19 heavy (non-hydrogen) atoms. The number of rotatable bonds is 6. The van der Waals surface area contributed by atoms with E-state index in [1.54, 1.807) is 0 Å². The molecule has 1 aromatic rings. The molecule has 1 rings (SSSR count). The van der Waals surface area contributed by atoms with Crippen molar-refractivity contribution in [3.05, 3.63) is 12.0 Å². The van der Waals surface area contributed by atoms with Crippen molar-refractivity contribution in [1.29, 1.82) is 0 Å². The lowest BCUT2D eigenvalue weighted by Crippen LogP contribution is -2.35. The van der Waals surface area contributed by atoms with Crippen molar-refractivity contribution in [2.45, 2.75) is 45.2 Å². The van der Waals surface area contributed by atoms with Gasteiger partial charge in [-0.15, -0.1) is 0 Å². The van der Waals surface area contributed by atoms with Crippen LogP contribution in [0.15, 0.2) is 10.7 Å². The van der Waals surface area contributed by atoms with Crippen LogP contribution in [0.25, 0.3) is 0 Å². The van der Waals surface area contributed by atoms with Crippen LogP contribution in [0.2, 0.25) is 0 Å². The third-order valence-electron chi connectivity index (χ3n) is 2.04. The number of oxazole rings is 1. The molecule has 1 heterocycles. The first-order chi connectivity index (χ1) is 8.60. The average Bonchev–Trinajstić information content (AvgIpc) is 2.70. The molecule has 1 N–H and O–H groups in total. The van der Waals surface area contributed by atoms with Crippen LogP contribution in [-0.2, 0) is 6.54 Å². The normalized spacial score (nSPS) is 13.1. The second-order valence-corrected chi connectivity index (χ2v) is 5.06. The van der Waals surface area contributed by atoms with E-state index in [9.17, 15) is 17.6 Å². The summed E-state index contributed by atoms with van der Waals surface area (Å²) in [5.74, 6) is -4.22. The zero-order valence-corrected chi connectivity index (χ0v) is 10.8. The fraction of sp³-hybridized carbons (Fsp3) is 0.727. The van der Waals surface area contributed by atoms with Gasteiger partial charge in [0.15, 0.2) is 6.61 Å². The number of alkyl halides is 4. The lowest BCUT2D eigenvalue weighted by molar-refractivity contribution is -0.151. The average molecular weight is 284 g/mol. The van der Waals surface area contributed by atoms with Crippen molar-refractivity contribution in [2.24, 2.45) is 0 Å². The molecule has 0 spiro atoms. The van der Waals surface area contributed by atoms with E-state index in [2.05, 4.69) is 15.0 Å². The summed E-state index contributed by atoms with van der Waals surface area (Å²) < 4.78 is 58.1. The monoisotopic (exact) mass is 284 g/mol. The Hall–Kier alpha value is -1.31. The molecule has 0 aliphatic rings. The molecule has 0 atom stereocenters. The van der Waals surface area contributed by atoms with Gasteiger partial charge in [0.1, 0.15) is 6.26 Å². The van der Waals surface area contributed by atoms with Crippen molar-refractivity contribution in [1.82, 2.24) is 10.3 Å². The molecule has 0 radical (unpaired) electrons. The Morgan fingerprint density at radius 3 is 2.53 bits per heavy atom. The maximum atomic E-state index is 12.6. The number of hydrogen-bond donors (Lipinski definition) is 1. The number of ether oxygens (including phenoxy) is 1. The molecule has 0 saturated heterocycles. The number of nitrogens with one attached hydrogen (secondary N) is 1. The predicted octanol–water partition coefficient (Wildman–Crippen LogP) is 2.84. The maximum Gasteiger partial charge on any atom is 0.393 e. The van der Waals surface area contributed by atoms with Crippen LogP contribution in [0.5, 0.6) is 6.08 Å². The summed E-state index contributed by atoms with van der Waals surface area (Å²) in [6.07, 6.45) is -3.02. The molecule has 8 heteroatoms. The molecule has 0 amide bonds. The highest BCUT2D eigenvalue weighted by molar-refractivity contribution is 5.00. The largest absolute Gasteiger partial charge is 0.444 e. The Labute approximate surface area is 108 Å². The van der Waals surface area contributed by atoms with E-state index in [1.807, 2.05) is 20.8 Å². The van der Waals surface area contributed by atoms with Crippen LogP contribution in [0.3, 0.4) is 0 Å². The van der Waals surface area contributed by atoms with Crippen LogP contribution in [-0.4, -0.2) is 29.5 Å². The highest BCUT2D eigenvalue weighted by Crippen LogP contribution is 2.24. The second-order valence-electron chi connectivity index (χ2n) is 5.06. The molecule has 110 valence electrons. The smallest absolute Gasteiger partial charge is 0.393 e. The van der Waals surface area contributed by atoms with Gasteiger partial charge in [-0.25, -0.2) is 8.78 Å². The summed E-state index contributed by atoms with van der Waals surface area (Å²) in [6, 6.07) is 0. The van der Waals surface area contributed by atoms with Gasteiger partial charge < -0.3 is 14.5 Å². The van der Waals surface area contributed by atoms with Crippen LogP contribution in [0, 0.1) is 0 Å². The Bertz CT molecular complexity index is 402. The Balaban J connectivity index is 2.47. The number of halogens is 4. The standard InChI is InChI=1S/C11H16F4N2O2/c1-10(2,3)16-4-7-5-18-9(17-7)19-6-11(14,15)8(12)13/h5,8,16H,4,6H2,1-3H3. The lowest BCUT2D eigenvalue weighted by atomic mass is 10.1. The minimum atomic E-state index is -4.22. The van der Waals surface area contributed by atoms with Crippen LogP contribution in [0.1, 0.15) is 26.5 Å². The minimum absolute atomic E-state index is 0.150. The summed E-state index contributed by atoms with van der Waals surface area (Å²) in [5.41, 5.74) is 0.285. The minimum Gasteiger partial charge on any atom is -0.444 e. The van der Waals surface area contributed by atoms with Crippen molar-refractivity contribution in [3.8, 4) is 6.08 Å². The molecular weight excluding hydrogens is 268 g/mol. The lowest BCUT2D eigenvalue weighted by Gasteiger charge is -2.19. The molecule has 0 aromatic carbocycles. The van der Waals surface area contributed by atoms with E-state index >= 15 is 0 Å². The summed E-state index contributed by atoms with van der Waals surface area (Å²) in [5, 5.41) is 3.10. The van der Waals surface area contributed by atoms with Gasteiger partial charge in [0.05, 0.1) is 5.69 Å². The van der Waals surface area contributed by atoms with Crippen LogP contribution in [0.4, 0.5) is 17.6 Å². The van der Waals surface area contributed by atoms with Gasteiger partial charge in [-0.3, -0.25) is 0 Å². The van der Waals surface area contributed by atoms with Gasteiger partial charge in [-0.1, -0.05) is 0 Å². The molecule has 0 unspecified atom stereocenters. The maximum absolute atomic E-state index is 12.6. The van der Waals surface area contributed by atoms with E-state index in [1.165, 1.54) is 6.26 Å². The van der Waals surface area contributed by atoms with Crippen molar-refractivity contribution < 1.29 is 26.7 Å². The summed E-state index contributed by atoms with van der Waals surface area (Å²) in [4.78, 5) is 3.75. The van der Waals surface area contributed by atoms with Gasteiger partial charge in [0.2, 0.25) is 0 Å². The van der Waals surface area contributed by atoms with Crippen molar-refractivity contribution in [3.63, 3.8) is 0 Å². The van der Waals surface area contributed by atoms with Gasteiger partial charge in [0.25, 0.3) is 0 Å². The van der Waals surface area contributed by atoms with Gasteiger partial charge in [-0.2, -0.15) is 13.8 Å². The zero-order chi connectivity index (χ0) is 14.7. The number of nitrogens with zero attached hydrogens (tertiary/aromatic N) is 1. The van der Waals surface area contributed by atoms with E-state index in [0.717, 1.165) is 0 Å². The molecule has 0 bridgehead atoms. The molecule has 1 aromatic heterocycles. The Morgan fingerprint density at radius 2 is 2.00 bits per heavy atom. The molecule has 0 fully saturated rings. The number of aromatic nitrogens is 1. The zero-order valence-electron chi connectivity index (χ0n) is 10.8. The highest BCUT2D eigenvalue weighted by Gasteiger charge is 2.42. The van der Waals surface area contributed by atoms with Gasteiger partial charge >= 0.3 is 18.4 Å². The molecule has 0 aliphatic carbocycles. The van der Waals surface area contributed by atoms with E-state index < -0.39 is 25.0 Å². The molecule has 0 saturated carbocycles. The van der Waals surface area contributed by atoms with Crippen molar-refractivity contribution >= 4 is 0 Å².